The molecule has 4 atom stereocenters. The van der Waals surface area contributed by atoms with E-state index in [0.717, 1.165) is 12.8 Å². The molecule has 2 aromatic rings. The zero-order valence-corrected chi connectivity index (χ0v) is 14.8. The highest BCUT2D eigenvalue weighted by atomic mass is 19.1. The number of Topliss-reactive ketones (excluding diaryl/α,β-unsaturated/α-hetero) is 1. The lowest BCUT2D eigenvalue weighted by Gasteiger charge is -2.37. The average molecular weight is 365 g/mol. The summed E-state index contributed by atoms with van der Waals surface area (Å²) in [6.45, 7) is 0.178. The van der Waals surface area contributed by atoms with Crippen molar-refractivity contribution in [2.45, 2.75) is 31.4 Å². The summed E-state index contributed by atoms with van der Waals surface area (Å²) < 4.78 is 20.1. The molecule has 0 radical (unpaired) electrons. The van der Waals surface area contributed by atoms with Crippen LogP contribution in [0.4, 0.5) is 4.39 Å². The lowest BCUT2D eigenvalue weighted by atomic mass is 9.84. The minimum absolute atomic E-state index is 0.0652. The summed E-state index contributed by atoms with van der Waals surface area (Å²) in [7, 11) is 0. The first-order chi connectivity index (χ1) is 13.1. The topological polar surface area (TPSA) is 55.4 Å². The number of benzene rings is 2. The van der Waals surface area contributed by atoms with Crippen LogP contribution in [0.25, 0.3) is 0 Å². The van der Waals surface area contributed by atoms with Crippen LogP contribution in [-0.2, 0) is 11.3 Å². The maximum atomic E-state index is 13.7. The second-order valence-electron chi connectivity index (χ2n) is 7.83. The fourth-order valence-electron chi connectivity index (χ4n) is 5.06. The molecule has 2 aromatic carbocycles. The Morgan fingerprint density at radius 2 is 1.96 bits per heavy atom. The summed E-state index contributed by atoms with van der Waals surface area (Å²) in [6, 6.07) is 13.8. The molecule has 27 heavy (non-hydrogen) atoms. The number of halogens is 1. The fourth-order valence-corrected chi connectivity index (χ4v) is 5.06. The number of fused-ring (bicyclic) bond motifs is 3. The third-order valence-electron chi connectivity index (χ3n) is 6.35. The predicted molar refractivity (Wildman–Crippen MR) is 96.7 cm³/mol. The van der Waals surface area contributed by atoms with E-state index in [1.807, 2.05) is 18.2 Å². The van der Waals surface area contributed by atoms with Gasteiger partial charge in [0.2, 0.25) is 5.91 Å². The summed E-state index contributed by atoms with van der Waals surface area (Å²) in [6.07, 6.45) is 2.03. The van der Waals surface area contributed by atoms with Gasteiger partial charge in [0.1, 0.15) is 17.2 Å². The molecule has 5 rings (SSSR count). The molecule has 2 saturated carbocycles. The van der Waals surface area contributed by atoms with Gasteiger partial charge in [-0.25, -0.2) is 4.39 Å². The van der Waals surface area contributed by atoms with Gasteiger partial charge in [-0.3, -0.25) is 9.59 Å². The normalized spacial score (nSPS) is 30.4. The van der Waals surface area contributed by atoms with E-state index in [9.17, 15) is 14.0 Å². The highest BCUT2D eigenvalue weighted by Gasteiger charge is 2.70. The third kappa shape index (κ3) is 2.56. The molecule has 0 bridgehead atoms. The molecule has 1 spiro atoms. The Balaban J connectivity index is 1.31. The number of ketones is 1. The van der Waals surface area contributed by atoms with Gasteiger partial charge in [0, 0.05) is 23.9 Å². The lowest BCUT2D eigenvalue weighted by molar-refractivity contribution is -0.124. The van der Waals surface area contributed by atoms with Gasteiger partial charge in [-0.05, 0) is 37.0 Å². The Hall–Kier alpha value is -2.69. The smallest absolute Gasteiger partial charge is 0.224 e. The van der Waals surface area contributed by atoms with Crippen molar-refractivity contribution < 1.29 is 18.7 Å². The molecule has 1 N–H and O–H groups in total. The van der Waals surface area contributed by atoms with Crippen LogP contribution in [0.2, 0.25) is 0 Å². The van der Waals surface area contributed by atoms with Gasteiger partial charge in [0.15, 0.2) is 5.78 Å². The summed E-state index contributed by atoms with van der Waals surface area (Å²) in [5.41, 5.74) is 0.549. The first-order valence-corrected chi connectivity index (χ1v) is 9.41. The van der Waals surface area contributed by atoms with Gasteiger partial charge >= 0.3 is 0 Å². The Morgan fingerprint density at radius 3 is 2.81 bits per heavy atom. The summed E-state index contributed by atoms with van der Waals surface area (Å²) >= 11 is 0. The number of rotatable bonds is 3. The van der Waals surface area contributed by atoms with E-state index < -0.39 is 5.60 Å². The molecule has 0 saturated heterocycles. The molecule has 3 aliphatic rings. The monoisotopic (exact) mass is 365 g/mol. The quantitative estimate of drug-likeness (QED) is 0.906. The maximum Gasteiger partial charge on any atom is 0.224 e. The van der Waals surface area contributed by atoms with Gasteiger partial charge in [-0.2, -0.15) is 0 Å². The third-order valence-corrected chi connectivity index (χ3v) is 6.35. The first kappa shape index (κ1) is 16.5. The second kappa shape index (κ2) is 5.91. The van der Waals surface area contributed by atoms with Crippen LogP contribution in [0, 0.1) is 23.6 Å². The number of carbonyl (C=O) groups is 2. The van der Waals surface area contributed by atoms with E-state index in [0.29, 0.717) is 23.3 Å². The zero-order chi connectivity index (χ0) is 18.6. The molecule has 1 aliphatic heterocycles. The van der Waals surface area contributed by atoms with E-state index in [2.05, 4.69) is 5.32 Å². The molecule has 1 amide bonds. The van der Waals surface area contributed by atoms with Crippen LogP contribution in [0.3, 0.4) is 0 Å². The molecule has 1 heterocycles. The molecular weight excluding hydrogens is 345 g/mol. The van der Waals surface area contributed by atoms with E-state index in [1.165, 1.54) is 6.07 Å². The largest absolute Gasteiger partial charge is 0.486 e. The Morgan fingerprint density at radius 1 is 1.19 bits per heavy atom. The Bertz CT molecular complexity index is 943. The van der Waals surface area contributed by atoms with Crippen molar-refractivity contribution in [3.05, 3.63) is 65.5 Å². The number of nitrogens with one attached hydrogen (secondary N) is 1. The first-order valence-electron chi connectivity index (χ1n) is 9.41. The molecule has 0 aromatic heterocycles. The SMILES string of the molecule is O=C1C[C@]2(CC[C@@H]3[C@@H](C(=O)NCc4ccccc4F)[C@@H]32)Oc2ccccc21. The molecule has 5 heteroatoms. The van der Waals surface area contributed by atoms with Gasteiger partial charge in [0.25, 0.3) is 0 Å². The Labute approximate surface area is 156 Å². The number of para-hydroxylation sites is 1. The van der Waals surface area contributed by atoms with Crippen LogP contribution in [0.5, 0.6) is 5.75 Å². The van der Waals surface area contributed by atoms with Crippen LogP contribution >= 0.6 is 0 Å². The highest BCUT2D eigenvalue weighted by molar-refractivity contribution is 6.00. The Kier molecular flexibility index (Phi) is 3.61. The number of hydrogen-bond donors (Lipinski definition) is 1. The number of ether oxygens (including phenoxy) is 1. The van der Waals surface area contributed by atoms with Crippen molar-refractivity contribution in [1.82, 2.24) is 5.32 Å². The van der Waals surface area contributed by atoms with Gasteiger partial charge in [0.05, 0.1) is 12.0 Å². The van der Waals surface area contributed by atoms with Crippen molar-refractivity contribution in [3.8, 4) is 5.75 Å². The van der Waals surface area contributed by atoms with Crippen molar-refractivity contribution in [2.24, 2.45) is 17.8 Å². The van der Waals surface area contributed by atoms with Crippen molar-refractivity contribution in [3.63, 3.8) is 0 Å². The number of hydrogen-bond acceptors (Lipinski definition) is 3. The van der Waals surface area contributed by atoms with E-state index in [-0.39, 0.29) is 41.8 Å². The van der Waals surface area contributed by atoms with E-state index >= 15 is 0 Å². The average Bonchev–Trinajstić information content (AvgIpc) is 3.32. The van der Waals surface area contributed by atoms with Crippen molar-refractivity contribution in [1.29, 1.82) is 0 Å². The second-order valence-corrected chi connectivity index (χ2v) is 7.83. The number of amides is 1. The maximum absolute atomic E-state index is 13.7. The summed E-state index contributed by atoms with van der Waals surface area (Å²) in [4.78, 5) is 25.3. The fraction of sp³-hybridized carbons (Fsp3) is 0.364. The molecule has 2 aliphatic carbocycles. The van der Waals surface area contributed by atoms with Crippen LogP contribution in [0.1, 0.15) is 35.2 Å². The lowest BCUT2D eigenvalue weighted by Crippen LogP contribution is -2.44. The molecule has 2 fully saturated rings. The molecule has 0 unspecified atom stereocenters. The standard InChI is InChI=1S/C22H20FNO3/c23-16-7-3-1-5-13(16)12-24-21(26)19-15-9-10-22(20(15)19)11-17(25)14-6-2-4-8-18(14)27-22/h1-8,15,19-20H,9-12H2,(H,24,26)/t15-,19-,20-,22+/m1/s1. The van der Waals surface area contributed by atoms with Crippen LogP contribution < -0.4 is 10.1 Å². The number of carbonyl (C=O) groups excluding carboxylic acids is 2. The van der Waals surface area contributed by atoms with Crippen LogP contribution in [-0.4, -0.2) is 17.3 Å². The molecule has 4 nitrogen and oxygen atoms in total. The minimum Gasteiger partial charge on any atom is -0.486 e. The molecular formula is C22H20FNO3. The van der Waals surface area contributed by atoms with E-state index in [1.54, 1.807) is 24.3 Å². The predicted octanol–water partition coefficient (Wildman–Crippen LogP) is 3.50. The van der Waals surface area contributed by atoms with Gasteiger partial charge in [-0.15, -0.1) is 0 Å². The van der Waals surface area contributed by atoms with Crippen LogP contribution in [0.15, 0.2) is 48.5 Å². The summed E-state index contributed by atoms with van der Waals surface area (Å²) in [5.74, 6) is 0.509. The molecule has 138 valence electrons. The zero-order valence-electron chi connectivity index (χ0n) is 14.8. The van der Waals surface area contributed by atoms with E-state index in [4.69, 9.17) is 4.74 Å². The van der Waals surface area contributed by atoms with Gasteiger partial charge in [-0.1, -0.05) is 30.3 Å². The highest BCUT2D eigenvalue weighted by Crippen LogP contribution is 2.65. The van der Waals surface area contributed by atoms with Crippen molar-refractivity contribution >= 4 is 11.7 Å². The van der Waals surface area contributed by atoms with Crippen molar-refractivity contribution in [2.75, 3.05) is 0 Å². The minimum atomic E-state index is -0.559. The summed E-state index contributed by atoms with van der Waals surface area (Å²) in [5, 5.41) is 2.86. The van der Waals surface area contributed by atoms with Gasteiger partial charge < -0.3 is 10.1 Å².